The molecule has 80 valence electrons. The zero-order chi connectivity index (χ0) is 10.9. The molecule has 0 aromatic heterocycles. The van der Waals surface area contributed by atoms with Crippen molar-refractivity contribution >= 4 is 5.97 Å². The zero-order valence-electron chi connectivity index (χ0n) is 8.79. The fourth-order valence-electron chi connectivity index (χ4n) is 2.31. The van der Waals surface area contributed by atoms with Gasteiger partial charge in [-0.1, -0.05) is 31.2 Å². The highest BCUT2D eigenvalue weighted by Gasteiger charge is 2.43. The predicted molar refractivity (Wildman–Crippen MR) is 57.9 cm³/mol. The van der Waals surface area contributed by atoms with Gasteiger partial charge in [-0.3, -0.25) is 4.79 Å². The summed E-state index contributed by atoms with van der Waals surface area (Å²) in [6.07, 6.45) is 1.18. The topological polar surface area (TPSA) is 49.3 Å². The standard InChI is InChI=1S/C12H15NO2/c1-2-13-12(11(14)15)7-9-5-3-4-6-10(9)8-12/h3-6,13H,2,7-8H2,1H3,(H,14,15). The Balaban J connectivity index is 2.32. The smallest absolute Gasteiger partial charge is 0.324 e. The van der Waals surface area contributed by atoms with Crippen molar-refractivity contribution in [3.63, 3.8) is 0 Å². The monoisotopic (exact) mass is 205 g/mol. The molecule has 0 atom stereocenters. The number of fused-ring (bicyclic) bond motifs is 1. The molecular weight excluding hydrogens is 190 g/mol. The molecular formula is C12H15NO2. The summed E-state index contributed by atoms with van der Waals surface area (Å²) < 4.78 is 0. The van der Waals surface area contributed by atoms with Crippen molar-refractivity contribution in [1.82, 2.24) is 5.32 Å². The minimum absolute atomic E-state index is 0.590. The molecule has 0 saturated heterocycles. The number of carboxylic acid groups (broad SMARTS) is 1. The quantitative estimate of drug-likeness (QED) is 0.780. The molecule has 1 aliphatic carbocycles. The maximum absolute atomic E-state index is 11.3. The number of rotatable bonds is 3. The van der Waals surface area contributed by atoms with Crippen LogP contribution >= 0.6 is 0 Å². The summed E-state index contributed by atoms with van der Waals surface area (Å²) in [5.74, 6) is -0.749. The maximum Gasteiger partial charge on any atom is 0.324 e. The molecule has 3 nitrogen and oxygen atoms in total. The third kappa shape index (κ3) is 1.63. The van der Waals surface area contributed by atoms with E-state index in [-0.39, 0.29) is 0 Å². The molecule has 1 aliphatic rings. The Morgan fingerprint density at radius 1 is 1.40 bits per heavy atom. The van der Waals surface area contributed by atoms with Crippen molar-refractivity contribution in [3.05, 3.63) is 35.4 Å². The highest BCUT2D eigenvalue weighted by atomic mass is 16.4. The van der Waals surface area contributed by atoms with E-state index in [0.717, 1.165) is 11.1 Å². The van der Waals surface area contributed by atoms with Gasteiger partial charge in [-0.2, -0.15) is 0 Å². The van der Waals surface area contributed by atoms with Gasteiger partial charge < -0.3 is 10.4 Å². The molecule has 0 radical (unpaired) electrons. The molecule has 3 heteroatoms. The normalized spacial score (nSPS) is 17.4. The van der Waals surface area contributed by atoms with Crippen LogP contribution in [0.3, 0.4) is 0 Å². The first kappa shape index (κ1) is 10.2. The second-order valence-electron chi connectivity index (χ2n) is 4.04. The van der Waals surface area contributed by atoms with Crippen molar-refractivity contribution in [2.75, 3.05) is 6.54 Å². The predicted octanol–water partition coefficient (Wildman–Crippen LogP) is 1.22. The Labute approximate surface area is 89.1 Å². The molecule has 0 fully saturated rings. The van der Waals surface area contributed by atoms with Crippen LogP contribution in [0.4, 0.5) is 0 Å². The van der Waals surface area contributed by atoms with Gasteiger partial charge in [-0.15, -0.1) is 0 Å². The molecule has 0 spiro atoms. The lowest BCUT2D eigenvalue weighted by atomic mass is 9.96. The van der Waals surface area contributed by atoms with Gasteiger partial charge in [-0.05, 0) is 17.7 Å². The second-order valence-corrected chi connectivity index (χ2v) is 4.04. The number of benzene rings is 1. The van der Waals surface area contributed by atoms with Gasteiger partial charge in [0.1, 0.15) is 5.54 Å². The molecule has 1 aromatic carbocycles. The van der Waals surface area contributed by atoms with E-state index in [9.17, 15) is 9.90 Å². The molecule has 0 unspecified atom stereocenters. The van der Waals surface area contributed by atoms with Crippen molar-refractivity contribution < 1.29 is 9.90 Å². The highest BCUT2D eigenvalue weighted by Crippen LogP contribution is 2.30. The molecule has 1 aromatic rings. The average Bonchev–Trinajstić information content (AvgIpc) is 2.57. The molecule has 2 N–H and O–H groups in total. The Morgan fingerprint density at radius 3 is 2.33 bits per heavy atom. The lowest BCUT2D eigenvalue weighted by Crippen LogP contribution is -2.52. The summed E-state index contributed by atoms with van der Waals surface area (Å²) in [6, 6.07) is 7.94. The lowest BCUT2D eigenvalue weighted by Gasteiger charge is -2.24. The van der Waals surface area contributed by atoms with E-state index in [4.69, 9.17) is 0 Å². The van der Waals surface area contributed by atoms with Gasteiger partial charge in [0.25, 0.3) is 0 Å². The molecule has 0 saturated carbocycles. The van der Waals surface area contributed by atoms with Crippen LogP contribution in [0, 0.1) is 0 Å². The zero-order valence-corrected chi connectivity index (χ0v) is 8.79. The first-order valence-electron chi connectivity index (χ1n) is 5.23. The summed E-state index contributed by atoms with van der Waals surface area (Å²) in [6.45, 7) is 2.62. The summed E-state index contributed by atoms with van der Waals surface area (Å²) in [5, 5.41) is 12.4. The minimum Gasteiger partial charge on any atom is -0.480 e. The fourth-order valence-corrected chi connectivity index (χ4v) is 2.31. The Kier molecular flexibility index (Phi) is 2.49. The number of aliphatic carboxylic acids is 1. The van der Waals surface area contributed by atoms with Crippen molar-refractivity contribution in [2.24, 2.45) is 0 Å². The van der Waals surface area contributed by atoms with Crippen LogP contribution in [0.2, 0.25) is 0 Å². The van der Waals surface area contributed by atoms with Gasteiger partial charge in [0.2, 0.25) is 0 Å². The van der Waals surface area contributed by atoms with E-state index >= 15 is 0 Å². The minimum atomic E-state index is -0.779. The summed E-state index contributed by atoms with van der Waals surface area (Å²) in [4.78, 5) is 11.3. The van der Waals surface area contributed by atoms with Crippen LogP contribution < -0.4 is 5.32 Å². The van der Waals surface area contributed by atoms with E-state index in [1.54, 1.807) is 0 Å². The third-order valence-electron chi connectivity index (χ3n) is 3.03. The molecule has 0 heterocycles. The fraction of sp³-hybridized carbons (Fsp3) is 0.417. The van der Waals surface area contributed by atoms with Crippen LogP contribution in [0.15, 0.2) is 24.3 Å². The van der Waals surface area contributed by atoms with Crippen molar-refractivity contribution in [2.45, 2.75) is 25.3 Å². The number of hydrogen-bond acceptors (Lipinski definition) is 2. The van der Waals surface area contributed by atoms with E-state index in [2.05, 4.69) is 5.32 Å². The van der Waals surface area contributed by atoms with E-state index in [0.29, 0.717) is 19.4 Å². The van der Waals surface area contributed by atoms with Gasteiger partial charge in [0, 0.05) is 12.8 Å². The van der Waals surface area contributed by atoms with Crippen LogP contribution in [-0.2, 0) is 17.6 Å². The Bertz CT molecular complexity index is 362. The number of carbonyl (C=O) groups is 1. The van der Waals surface area contributed by atoms with Gasteiger partial charge in [0.05, 0.1) is 0 Å². The number of carboxylic acids is 1. The highest BCUT2D eigenvalue weighted by molar-refractivity contribution is 5.81. The largest absolute Gasteiger partial charge is 0.480 e. The Morgan fingerprint density at radius 2 is 1.93 bits per heavy atom. The molecule has 0 amide bonds. The van der Waals surface area contributed by atoms with Crippen LogP contribution in [0.1, 0.15) is 18.1 Å². The summed E-state index contributed by atoms with van der Waals surface area (Å²) in [7, 11) is 0. The first-order valence-corrected chi connectivity index (χ1v) is 5.23. The van der Waals surface area contributed by atoms with Gasteiger partial charge in [-0.25, -0.2) is 0 Å². The molecule has 0 bridgehead atoms. The van der Waals surface area contributed by atoms with E-state index in [1.807, 2.05) is 31.2 Å². The van der Waals surface area contributed by atoms with Crippen molar-refractivity contribution in [3.8, 4) is 0 Å². The Hall–Kier alpha value is -1.35. The average molecular weight is 205 g/mol. The number of likely N-dealkylation sites (N-methyl/N-ethyl adjacent to an activating group) is 1. The van der Waals surface area contributed by atoms with Gasteiger partial charge >= 0.3 is 5.97 Å². The second kappa shape index (κ2) is 3.66. The molecule has 0 aliphatic heterocycles. The molecule has 2 rings (SSSR count). The first-order chi connectivity index (χ1) is 7.18. The molecule has 15 heavy (non-hydrogen) atoms. The SMILES string of the molecule is CCNC1(C(=O)O)Cc2ccccc2C1. The van der Waals surface area contributed by atoms with E-state index < -0.39 is 11.5 Å². The van der Waals surface area contributed by atoms with E-state index in [1.165, 1.54) is 0 Å². The lowest BCUT2D eigenvalue weighted by molar-refractivity contribution is -0.144. The number of hydrogen-bond donors (Lipinski definition) is 2. The van der Waals surface area contributed by atoms with Crippen LogP contribution in [0.5, 0.6) is 0 Å². The van der Waals surface area contributed by atoms with Crippen molar-refractivity contribution in [1.29, 1.82) is 0 Å². The number of nitrogens with one attached hydrogen (secondary N) is 1. The van der Waals surface area contributed by atoms with Crippen LogP contribution in [0.25, 0.3) is 0 Å². The summed E-state index contributed by atoms with van der Waals surface area (Å²) in [5.41, 5.74) is 1.53. The summed E-state index contributed by atoms with van der Waals surface area (Å²) >= 11 is 0. The third-order valence-corrected chi connectivity index (χ3v) is 3.03. The maximum atomic E-state index is 11.3. The van der Waals surface area contributed by atoms with Gasteiger partial charge in [0.15, 0.2) is 0 Å². The van der Waals surface area contributed by atoms with Crippen LogP contribution in [-0.4, -0.2) is 23.2 Å².